The number of rotatable bonds is 3. The highest BCUT2D eigenvalue weighted by Crippen LogP contribution is 2.23. The molecule has 0 aromatic carbocycles. The van der Waals surface area contributed by atoms with E-state index in [4.69, 9.17) is 11.6 Å². The lowest BCUT2D eigenvalue weighted by Crippen LogP contribution is -2.15. The van der Waals surface area contributed by atoms with Gasteiger partial charge in [0.1, 0.15) is 10.2 Å². The van der Waals surface area contributed by atoms with Crippen LogP contribution in [0.1, 0.15) is 19.5 Å². The maximum Gasteiger partial charge on any atom is 0.265 e. The summed E-state index contributed by atoms with van der Waals surface area (Å²) in [5.41, 5.74) is 0.983. The lowest BCUT2D eigenvalue weighted by molar-refractivity contribution is 0.631. The van der Waals surface area contributed by atoms with Crippen LogP contribution in [-0.2, 0) is 6.42 Å². The third-order valence-electron chi connectivity index (χ3n) is 2.52. The lowest BCUT2D eigenvalue weighted by Gasteiger charge is -2.09. The first-order valence-electron chi connectivity index (χ1n) is 5.88. The van der Waals surface area contributed by atoms with E-state index in [9.17, 15) is 4.79 Å². The fraction of sp³-hybridized carbons (Fsp3) is 0.308. The third kappa shape index (κ3) is 3.22. The summed E-state index contributed by atoms with van der Waals surface area (Å²) in [4.78, 5) is 23.2. The molecule has 19 heavy (non-hydrogen) atoms. The first-order chi connectivity index (χ1) is 8.99. The fourth-order valence-corrected chi connectivity index (χ4v) is 2.26. The first kappa shape index (κ1) is 14.2. The molecule has 0 unspecified atom stereocenters. The summed E-state index contributed by atoms with van der Waals surface area (Å²) in [6.45, 7) is 4.14. The van der Waals surface area contributed by atoms with Crippen molar-refractivity contribution < 1.29 is 0 Å². The van der Waals surface area contributed by atoms with E-state index in [1.807, 2.05) is 0 Å². The first-order valence-corrected chi connectivity index (χ1v) is 7.05. The van der Waals surface area contributed by atoms with E-state index in [1.165, 1.54) is 0 Å². The number of hydrogen-bond donors (Lipinski definition) is 1. The zero-order chi connectivity index (χ0) is 14.0. The van der Waals surface area contributed by atoms with Gasteiger partial charge in [-0.3, -0.25) is 9.78 Å². The normalized spacial score (nSPS) is 11.0. The van der Waals surface area contributed by atoms with Crippen LogP contribution in [0.4, 0.5) is 0 Å². The highest BCUT2D eigenvalue weighted by atomic mass is 79.9. The predicted molar refractivity (Wildman–Crippen MR) is 79.3 cm³/mol. The summed E-state index contributed by atoms with van der Waals surface area (Å²) < 4.78 is 0.469. The molecule has 0 spiro atoms. The Morgan fingerprint density at radius 3 is 2.84 bits per heavy atom. The van der Waals surface area contributed by atoms with Crippen molar-refractivity contribution in [2.75, 3.05) is 0 Å². The molecule has 0 aliphatic carbocycles. The van der Waals surface area contributed by atoms with Crippen LogP contribution in [0.3, 0.4) is 0 Å². The highest BCUT2D eigenvalue weighted by Gasteiger charge is 2.14. The molecule has 6 heteroatoms. The minimum Gasteiger partial charge on any atom is -0.304 e. The van der Waals surface area contributed by atoms with Crippen molar-refractivity contribution >= 4 is 27.5 Å². The molecule has 100 valence electrons. The van der Waals surface area contributed by atoms with E-state index >= 15 is 0 Å². The number of aromatic amines is 1. The van der Waals surface area contributed by atoms with Crippen LogP contribution in [0.5, 0.6) is 0 Å². The van der Waals surface area contributed by atoms with Crippen LogP contribution in [-0.4, -0.2) is 15.0 Å². The molecule has 0 atom stereocenters. The molecule has 2 aromatic rings. The van der Waals surface area contributed by atoms with Crippen molar-refractivity contribution in [2.45, 2.75) is 20.3 Å². The van der Waals surface area contributed by atoms with E-state index in [1.54, 1.807) is 18.3 Å². The SMILES string of the molecule is CC(C)Cc1nc(-c2ncccc2Cl)[nH]c(=O)c1Br. The minimum atomic E-state index is -0.220. The minimum absolute atomic E-state index is 0.220. The molecule has 2 aromatic heterocycles. The third-order valence-corrected chi connectivity index (χ3v) is 3.64. The molecular formula is C13H13BrClN3O. The molecular weight excluding hydrogens is 330 g/mol. The summed E-state index contributed by atoms with van der Waals surface area (Å²) >= 11 is 9.35. The standard InChI is InChI=1S/C13H13BrClN3O/c1-7(2)6-9-10(14)13(19)18-12(17-9)11-8(15)4-3-5-16-11/h3-5,7H,6H2,1-2H3,(H,17,18,19). The summed E-state index contributed by atoms with van der Waals surface area (Å²) in [5.74, 6) is 0.798. The molecule has 0 saturated carbocycles. The van der Waals surface area contributed by atoms with Gasteiger partial charge in [-0.1, -0.05) is 25.4 Å². The Labute approximate surface area is 124 Å². The topological polar surface area (TPSA) is 58.6 Å². The number of H-pyrrole nitrogens is 1. The van der Waals surface area contributed by atoms with Crippen LogP contribution in [0.2, 0.25) is 5.02 Å². The Kier molecular flexibility index (Phi) is 4.37. The Balaban J connectivity index is 2.57. The van der Waals surface area contributed by atoms with E-state index in [0.29, 0.717) is 33.4 Å². The molecule has 2 rings (SSSR count). The quantitative estimate of drug-likeness (QED) is 0.929. The molecule has 4 nitrogen and oxygen atoms in total. The predicted octanol–water partition coefficient (Wildman–Crippen LogP) is 3.45. The smallest absolute Gasteiger partial charge is 0.265 e. The number of halogens is 2. The number of nitrogens with zero attached hydrogens (tertiary/aromatic N) is 2. The molecule has 0 aliphatic rings. The van der Waals surface area contributed by atoms with Gasteiger partial charge in [0.05, 0.1) is 10.7 Å². The van der Waals surface area contributed by atoms with Crippen molar-refractivity contribution in [3.8, 4) is 11.5 Å². The van der Waals surface area contributed by atoms with Crippen LogP contribution in [0.25, 0.3) is 11.5 Å². The molecule has 0 radical (unpaired) electrons. The molecule has 0 aliphatic heterocycles. The van der Waals surface area contributed by atoms with Gasteiger partial charge in [-0.2, -0.15) is 0 Å². The maximum absolute atomic E-state index is 11.9. The number of hydrogen-bond acceptors (Lipinski definition) is 3. The Morgan fingerprint density at radius 2 is 2.21 bits per heavy atom. The van der Waals surface area contributed by atoms with Gasteiger partial charge in [-0.05, 0) is 40.4 Å². The lowest BCUT2D eigenvalue weighted by atomic mass is 10.1. The van der Waals surface area contributed by atoms with Crippen molar-refractivity contribution in [3.05, 3.63) is 43.9 Å². The van der Waals surface area contributed by atoms with Crippen molar-refractivity contribution in [3.63, 3.8) is 0 Å². The largest absolute Gasteiger partial charge is 0.304 e. The van der Waals surface area contributed by atoms with E-state index < -0.39 is 0 Å². The van der Waals surface area contributed by atoms with Crippen molar-refractivity contribution in [2.24, 2.45) is 5.92 Å². The maximum atomic E-state index is 11.9. The monoisotopic (exact) mass is 341 g/mol. The molecule has 0 fully saturated rings. The van der Waals surface area contributed by atoms with Gasteiger partial charge in [-0.25, -0.2) is 4.98 Å². The molecule has 1 N–H and O–H groups in total. The van der Waals surface area contributed by atoms with Crippen LogP contribution in [0.15, 0.2) is 27.6 Å². The second-order valence-electron chi connectivity index (χ2n) is 4.61. The van der Waals surface area contributed by atoms with Gasteiger partial charge in [0.25, 0.3) is 5.56 Å². The van der Waals surface area contributed by atoms with Gasteiger partial charge >= 0.3 is 0 Å². The summed E-state index contributed by atoms with van der Waals surface area (Å²) in [5, 5.41) is 0.462. The van der Waals surface area contributed by atoms with Gasteiger partial charge in [0.2, 0.25) is 0 Å². The molecule has 0 saturated heterocycles. The highest BCUT2D eigenvalue weighted by molar-refractivity contribution is 9.10. The van der Waals surface area contributed by atoms with Gasteiger partial charge < -0.3 is 4.98 Å². The average Bonchev–Trinajstić information content (AvgIpc) is 2.35. The molecule has 2 heterocycles. The Hall–Kier alpha value is -1.20. The molecule has 0 bridgehead atoms. The number of nitrogens with one attached hydrogen (secondary N) is 1. The Morgan fingerprint density at radius 1 is 1.47 bits per heavy atom. The Bertz CT molecular complexity index is 655. The van der Waals surface area contributed by atoms with E-state index in [0.717, 1.165) is 5.69 Å². The zero-order valence-electron chi connectivity index (χ0n) is 10.6. The van der Waals surface area contributed by atoms with Crippen LogP contribution >= 0.6 is 27.5 Å². The fourth-order valence-electron chi connectivity index (χ4n) is 1.70. The van der Waals surface area contributed by atoms with Crippen molar-refractivity contribution in [1.29, 1.82) is 0 Å². The summed E-state index contributed by atoms with van der Waals surface area (Å²) in [6, 6.07) is 3.45. The number of pyridine rings is 1. The van der Waals surface area contributed by atoms with Gasteiger partial charge in [-0.15, -0.1) is 0 Å². The second kappa shape index (κ2) is 5.84. The summed E-state index contributed by atoms with van der Waals surface area (Å²) in [7, 11) is 0. The average molecular weight is 343 g/mol. The van der Waals surface area contributed by atoms with Crippen LogP contribution in [0, 0.1) is 5.92 Å². The molecule has 0 amide bonds. The zero-order valence-corrected chi connectivity index (χ0v) is 12.9. The van der Waals surface area contributed by atoms with E-state index in [-0.39, 0.29) is 5.56 Å². The number of aromatic nitrogens is 3. The second-order valence-corrected chi connectivity index (χ2v) is 5.81. The summed E-state index contributed by atoms with van der Waals surface area (Å²) in [6.07, 6.45) is 2.33. The van der Waals surface area contributed by atoms with Gasteiger partial charge in [0.15, 0.2) is 5.82 Å². The van der Waals surface area contributed by atoms with E-state index in [2.05, 4.69) is 44.7 Å². The van der Waals surface area contributed by atoms with Gasteiger partial charge in [0, 0.05) is 6.20 Å². The van der Waals surface area contributed by atoms with Crippen LogP contribution < -0.4 is 5.56 Å². The van der Waals surface area contributed by atoms with Crippen molar-refractivity contribution in [1.82, 2.24) is 15.0 Å².